The first-order valence-corrected chi connectivity index (χ1v) is 5.14. The molecule has 0 spiro atoms. The van der Waals surface area contributed by atoms with E-state index in [0.29, 0.717) is 6.07 Å². The summed E-state index contributed by atoms with van der Waals surface area (Å²) in [6.07, 6.45) is 0.882. The van der Waals surface area contributed by atoms with E-state index >= 15 is 0 Å². The van der Waals surface area contributed by atoms with Crippen LogP contribution in [0.25, 0.3) is 0 Å². The van der Waals surface area contributed by atoms with E-state index in [9.17, 15) is 13.6 Å². The van der Waals surface area contributed by atoms with Crippen molar-refractivity contribution in [2.75, 3.05) is 11.9 Å². The minimum absolute atomic E-state index is 0.118. The third-order valence-electron chi connectivity index (χ3n) is 1.74. The largest absolute Gasteiger partial charge is 0.359 e. The molecule has 0 aliphatic heterocycles. The van der Waals surface area contributed by atoms with Crippen molar-refractivity contribution in [3.8, 4) is 0 Å². The molecule has 1 heterocycles. The Bertz CT molecular complexity index is 416. The molecule has 2 N–H and O–H groups in total. The lowest BCUT2D eigenvalue weighted by Gasteiger charge is -2.20. The summed E-state index contributed by atoms with van der Waals surface area (Å²) in [7, 11) is 0. The summed E-state index contributed by atoms with van der Waals surface area (Å²) in [6, 6.07) is 0.705. The van der Waals surface area contributed by atoms with Crippen LogP contribution in [-0.4, -0.2) is 23.0 Å². The van der Waals surface area contributed by atoms with Gasteiger partial charge in [-0.1, -0.05) is 0 Å². The Morgan fingerprint density at radius 3 is 2.59 bits per heavy atom. The topological polar surface area (TPSA) is 54.0 Å². The smallest absolute Gasteiger partial charge is 0.239 e. The minimum atomic E-state index is -0.825. The van der Waals surface area contributed by atoms with Gasteiger partial charge < -0.3 is 10.6 Å². The molecular formula is C11H15F2N3O. The van der Waals surface area contributed by atoms with Crippen LogP contribution in [0.3, 0.4) is 0 Å². The summed E-state index contributed by atoms with van der Waals surface area (Å²) in [5.41, 5.74) is -0.354. The first-order valence-electron chi connectivity index (χ1n) is 5.14. The van der Waals surface area contributed by atoms with E-state index in [4.69, 9.17) is 0 Å². The van der Waals surface area contributed by atoms with E-state index in [2.05, 4.69) is 15.6 Å². The molecule has 0 bridgehead atoms. The second-order valence-corrected chi connectivity index (χ2v) is 4.64. The fourth-order valence-electron chi connectivity index (χ4n) is 1.17. The zero-order valence-electron chi connectivity index (χ0n) is 9.97. The number of halogens is 2. The van der Waals surface area contributed by atoms with E-state index in [1.165, 1.54) is 0 Å². The van der Waals surface area contributed by atoms with Gasteiger partial charge in [0.1, 0.15) is 5.82 Å². The number of hydrogen-bond acceptors (Lipinski definition) is 3. The number of nitrogens with zero attached hydrogens (tertiary/aromatic N) is 1. The van der Waals surface area contributed by atoms with Crippen LogP contribution in [0.15, 0.2) is 12.3 Å². The van der Waals surface area contributed by atoms with Gasteiger partial charge in [-0.2, -0.15) is 0 Å². The van der Waals surface area contributed by atoms with Gasteiger partial charge in [-0.05, 0) is 20.8 Å². The van der Waals surface area contributed by atoms with Crippen LogP contribution >= 0.6 is 0 Å². The molecule has 0 radical (unpaired) electrons. The molecule has 0 saturated carbocycles. The number of pyridine rings is 1. The summed E-state index contributed by atoms with van der Waals surface area (Å²) in [6.45, 7) is 5.39. The molecular weight excluding hydrogens is 228 g/mol. The van der Waals surface area contributed by atoms with E-state index in [0.717, 1.165) is 6.20 Å². The van der Waals surface area contributed by atoms with Gasteiger partial charge in [-0.15, -0.1) is 0 Å². The van der Waals surface area contributed by atoms with Crippen LogP contribution in [0.5, 0.6) is 0 Å². The SMILES string of the molecule is CC(C)(C)NC(=O)CNc1ncc(F)cc1F. The van der Waals surface area contributed by atoms with Crippen molar-refractivity contribution in [2.24, 2.45) is 0 Å². The molecule has 1 aromatic heterocycles. The van der Waals surface area contributed by atoms with Crippen LogP contribution in [-0.2, 0) is 4.79 Å². The molecule has 0 unspecified atom stereocenters. The minimum Gasteiger partial charge on any atom is -0.359 e. The molecule has 1 amide bonds. The van der Waals surface area contributed by atoms with Crippen LogP contribution in [0.2, 0.25) is 0 Å². The number of aromatic nitrogens is 1. The molecule has 1 aromatic rings. The molecule has 0 aliphatic rings. The Hall–Kier alpha value is -1.72. The number of carbonyl (C=O) groups is 1. The van der Waals surface area contributed by atoms with Crippen molar-refractivity contribution in [3.63, 3.8) is 0 Å². The first kappa shape index (κ1) is 13.3. The van der Waals surface area contributed by atoms with E-state index in [-0.39, 0.29) is 23.8 Å². The lowest BCUT2D eigenvalue weighted by molar-refractivity contribution is -0.120. The highest BCUT2D eigenvalue weighted by molar-refractivity contribution is 5.81. The quantitative estimate of drug-likeness (QED) is 0.849. The highest BCUT2D eigenvalue weighted by atomic mass is 19.1. The van der Waals surface area contributed by atoms with Crippen molar-refractivity contribution < 1.29 is 13.6 Å². The lowest BCUT2D eigenvalue weighted by Crippen LogP contribution is -2.43. The monoisotopic (exact) mass is 243 g/mol. The zero-order valence-corrected chi connectivity index (χ0v) is 9.97. The van der Waals surface area contributed by atoms with Crippen molar-refractivity contribution in [3.05, 3.63) is 23.9 Å². The fraction of sp³-hybridized carbons (Fsp3) is 0.455. The number of hydrogen-bond donors (Lipinski definition) is 2. The third kappa shape index (κ3) is 4.76. The molecule has 94 valence electrons. The summed E-state index contributed by atoms with van der Waals surface area (Å²) < 4.78 is 25.7. The second-order valence-electron chi connectivity index (χ2n) is 4.64. The Labute approximate surface area is 98.4 Å². The molecule has 17 heavy (non-hydrogen) atoms. The van der Waals surface area contributed by atoms with Gasteiger partial charge in [0, 0.05) is 11.6 Å². The van der Waals surface area contributed by atoms with Crippen molar-refractivity contribution in [2.45, 2.75) is 26.3 Å². The highest BCUT2D eigenvalue weighted by Crippen LogP contribution is 2.10. The molecule has 0 saturated heterocycles. The molecule has 6 heteroatoms. The maximum absolute atomic E-state index is 13.1. The van der Waals surface area contributed by atoms with Crippen LogP contribution in [0.4, 0.5) is 14.6 Å². The molecule has 0 aromatic carbocycles. The normalized spacial score (nSPS) is 11.1. The lowest BCUT2D eigenvalue weighted by atomic mass is 10.1. The van der Waals surface area contributed by atoms with Gasteiger partial charge in [0.25, 0.3) is 0 Å². The first-order chi connectivity index (χ1) is 7.78. The number of anilines is 1. The van der Waals surface area contributed by atoms with E-state index in [1.807, 2.05) is 20.8 Å². The zero-order chi connectivity index (χ0) is 13.1. The van der Waals surface area contributed by atoms with Gasteiger partial charge in [-0.25, -0.2) is 13.8 Å². The van der Waals surface area contributed by atoms with Crippen molar-refractivity contribution >= 4 is 11.7 Å². The van der Waals surface area contributed by atoms with Crippen molar-refractivity contribution in [1.82, 2.24) is 10.3 Å². The van der Waals surface area contributed by atoms with Crippen LogP contribution < -0.4 is 10.6 Å². The molecule has 4 nitrogen and oxygen atoms in total. The molecule has 0 fully saturated rings. The van der Waals surface area contributed by atoms with Crippen LogP contribution in [0, 0.1) is 11.6 Å². The fourth-order valence-corrected chi connectivity index (χ4v) is 1.17. The molecule has 0 aliphatic carbocycles. The predicted octanol–water partition coefficient (Wildman–Crippen LogP) is 1.69. The highest BCUT2D eigenvalue weighted by Gasteiger charge is 2.14. The van der Waals surface area contributed by atoms with Crippen LogP contribution in [0.1, 0.15) is 20.8 Å². The summed E-state index contributed by atoms with van der Waals surface area (Å²) in [4.78, 5) is 14.9. The average molecular weight is 243 g/mol. The Kier molecular flexibility index (Phi) is 3.98. The number of carbonyl (C=O) groups excluding carboxylic acids is 1. The van der Waals surface area contributed by atoms with Crippen molar-refractivity contribution in [1.29, 1.82) is 0 Å². The van der Waals surface area contributed by atoms with Gasteiger partial charge in [-0.3, -0.25) is 4.79 Å². The summed E-state index contributed by atoms with van der Waals surface area (Å²) >= 11 is 0. The van der Waals surface area contributed by atoms with E-state index in [1.54, 1.807) is 0 Å². The maximum atomic E-state index is 13.1. The predicted molar refractivity (Wildman–Crippen MR) is 60.5 cm³/mol. The average Bonchev–Trinajstić information content (AvgIpc) is 2.13. The Morgan fingerprint density at radius 2 is 2.06 bits per heavy atom. The van der Waals surface area contributed by atoms with E-state index < -0.39 is 11.6 Å². The molecule has 0 atom stereocenters. The summed E-state index contributed by atoms with van der Waals surface area (Å²) in [5.74, 6) is -2.01. The standard InChI is InChI=1S/C11H15F2N3O/c1-11(2,3)16-9(17)6-15-10-8(13)4-7(12)5-14-10/h4-5H,6H2,1-3H3,(H,14,15)(H,16,17). The van der Waals surface area contributed by atoms with Gasteiger partial charge in [0.2, 0.25) is 5.91 Å². The Balaban J connectivity index is 2.53. The molecule has 1 rings (SSSR count). The third-order valence-corrected chi connectivity index (χ3v) is 1.74. The summed E-state index contributed by atoms with van der Waals surface area (Å²) in [5, 5.41) is 5.19. The Morgan fingerprint density at radius 1 is 1.41 bits per heavy atom. The maximum Gasteiger partial charge on any atom is 0.239 e. The number of rotatable bonds is 3. The second kappa shape index (κ2) is 5.07. The van der Waals surface area contributed by atoms with Gasteiger partial charge in [0.05, 0.1) is 12.7 Å². The number of amides is 1. The number of nitrogens with one attached hydrogen (secondary N) is 2. The van der Waals surface area contributed by atoms with Gasteiger partial charge >= 0.3 is 0 Å². The van der Waals surface area contributed by atoms with Gasteiger partial charge in [0.15, 0.2) is 11.6 Å².